The number of piperazine rings is 1. The number of amides is 3. The van der Waals surface area contributed by atoms with Gasteiger partial charge in [-0.3, -0.25) is 9.69 Å². The van der Waals surface area contributed by atoms with Crippen LogP contribution in [0.15, 0.2) is 23.3 Å². The van der Waals surface area contributed by atoms with Gasteiger partial charge in [-0.2, -0.15) is 14.5 Å². The molecule has 1 aromatic rings. The minimum atomic E-state index is -3.19. The lowest BCUT2D eigenvalue weighted by Crippen LogP contribution is -2.50. The highest BCUT2D eigenvalue weighted by atomic mass is 35.5. The number of nitrogens with one attached hydrogen (secondary N) is 2. The number of benzene rings is 1. The fourth-order valence-electron chi connectivity index (χ4n) is 3.46. The van der Waals surface area contributed by atoms with Gasteiger partial charge in [0.2, 0.25) is 10.0 Å². The van der Waals surface area contributed by atoms with Gasteiger partial charge in [0.05, 0.1) is 29.6 Å². The van der Waals surface area contributed by atoms with E-state index in [9.17, 15) is 18.0 Å². The third-order valence-corrected chi connectivity index (χ3v) is 6.84. The lowest BCUT2D eigenvalue weighted by Gasteiger charge is -2.34. The zero-order chi connectivity index (χ0) is 23.5. The van der Waals surface area contributed by atoms with Crippen molar-refractivity contribution >= 4 is 39.3 Å². The number of sulfonamides is 1. The van der Waals surface area contributed by atoms with Gasteiger partial charge in [-0.15, -0.1) is 0 Å². The quantitative estimate of drug-likeness (QED) is 0.540. The van der Waals surface area contributed by atoms with E-state index < -0.39 is 10.0 Å². The normalized spacial score (nSPS) is 20.2. The minimum Gasteiger partial charge on any atom is -0.375 e. The number of urea groups is 1. The van der Waals surface area contributed by atoms with Crippen LogP contribution < -0.4 is 15.6 Å². The first-order valence-corrected chi connectivity index (χ1v) is 12.3. The van der Waals surface area contributed by atoms with Crippen LogP contribution >= 0.6 is 11.6 Å². The Hall–Kier alpha value is -2.41. The number of carbonyl (C=O) groups excluding carboxylic acids is 2. The van der Waals surface area contributed by atoms with Gasteiger partial charge in [-0.05, 0) is 25.1 Å². The zero-order valence-corrected chi connectivity index (χ0v) is 19.7. The van der Waals surface area contributed by atoms with Crippen LogP contribution in [0.4, 0.5) is 4.79 Å². The summed E-state index contributed by atoms with van der Waals surface area (Å²) in [7, 11) is -3.19. The van der Waals surface area contributed by atoms with E-state index >= 15 is 0 Å². The molecule has 32 heavy (non-hydrogen) atoms. The summed E-state index contributed by atoms with van der Waals surface area (Å²) in [5, 5.41) is 8.31. The number of hydrogen-bond donors (Lipinski definition) is 2. The molecule has 1 fully saturated rings. The molecule has 176 valence electrons. The number of hydrogen-bond acceptors (Lipinski definition) is 7. The molecule has 1 unspecified atom stereocenters. The molecule has 0 spiro atoms. The first-order valence-electron chi connectivity index (χ1n) is 10.1. The van der Waals surface area contributed by atoms with Crippen LogP contribution in [-0.2, 0) is 14.8 Å². The van der Waals surface area contributed by atoms with Crippen molar-refractivity contribution in [3.63, 3.8) is 0 Å². The van der Waals surface area contributed by atoms with Crippen LogP contribution in [0.3, 0.4) is 0 Å². The second kappa shape index (κ2) is 10.0. The number of rotatable bonds is 7. The summed E-state index contributed by atoms with van der Waals surface area (Å²) in [4.78, 5) is 31.3. The number of hydrazone groups is 1. The molecule has 13 heteroatoms. The molecule has 2 aliphatic rings. The van der Waals surface area contributed by atoms with E-state index in [-0.39, 0.29) is 18.0 Å². The van der Waals surface area contributed by atoms with Crippen molar-refractivity contribution in [1.82, 2.24) is 25.0 Å². The van der Waals surface area contributed by atoms with Crippen LogP contribution in [0.5, 0.6) is 5.75 Å². The molecule has 0 aliphatic carbocycles. The van der Waals surface area contributed by atoms with Gasteiger partial charge in [0.15, 0.2) is 5.75 Å². The fraction of sp³-hybridized carbons (Fsp3) is 0.526. The van der Waals surface area contributed by atoms with Gasteiger partial charge < -0.3 is 10.2 Å². The summed E-state index contributed by atoms with van der Waals surface area (Å²) in [6.07, 6.45) is 1.21. The summed E-state index contributed by atoms with van der Waals surface area (Å²) in [6, 6.07) is 4.39. The average molecular weight is 487 g/mol. The summed E-state index contributed by atoms with van der Waals surface area (Å²) in [5.41, 5.74) is 3.70. The standard InChI is InChI=1S/C19H27ClN6O5S/c1-13-18(22-23-19(28)21-13)15-4-5-17(16(20)12-15)31-26(14(2)27)11-8-24-6-9-25(10-7-24)32(3,29)30/h4-5,12-13H,6-11H2,1-3H3,(H2,21,23,28). The van der Waals surface area contributed by atoms with Crippen molar-refractivity contribution in [2.75, 3.05) is 45.5 Å². The molecular formula is C19H27ClN6O5S. The third kappa shape index (κ3) is 6.09. The molecule has 3 rings (SSSR count). The van der Waals surface area contributed by atoms with Crippen molar-refractivity contribution < 1.29 is 22.8 Å². The van der Waals surface area contributed by atoms with Gasteiger partial charge in [0, 0.05) is 45.2 Å². The second-order valence-corrected chi connectivity index (χ2v) is 10.1. The zero-order valence-electron chi connectivity index (χ0n) is 18.2. The van der Waals surface area contributed by atoms with Gasteiger partial charge >= 0.3 is 6.03 Å². The fourth-order valence-corrected chi connectivity index (χ4v) is 4.50. The predicted octanol–water partition coefficient (Wildman–Crippen LogP) is 0.465. The van der Waals surface area contributed by atoms with Crippen LogP contribution in [-0.4, -0.2) is 91.9 Å². The number of carbonyl (C=O) groups is 2. The first kappa shape index (κ1) is 24.2. The van der Waals surface area contributed by atoms with E-state index in [1.54, 1.807) is 18.2 Å². The maximum atomic E-state index is 12.1. The molecule has 2 heterocycles. The van der Waals surface area contributed by atoms with E-state index in [1.807, 2.05) is 6.92 Å². The summed E-state index contributed by atoms with van der Waals surface area (Å²) in [5.74, 6) is 0.0330. The van der Waals surface area contributed by atoms with Gasteiger partial charge in [-0.1, -0.05) is 11.6 Å². The summed E-state index contributed by atoms with van der Waals surface area (Å²) >= 11 is 6.38. The molecule has 1 aromatic carbocycles. The third-order valence-electron chi connectivity index (χ3n) is 5.24. The van der Waals surface area contributed by atoms with E-state index in [4.69, 9.17) is 16.4 Å². The highest BCUT2D eigenvalue weighted by molar-refractivity contribution is 7.88. The highest BCUT2D eigenvalue weighted by Crippen LogP contribution is 2.27. The second-order valence-electron chi connectivity index (χ2n) is 7.67. The van der Waals surface area contributed by atoms with E-state index in [2.05, 4.69) is 20.7 Å². The summed E-state index contributed by atoms with van der Waals surface area (Å²) < 4.78 is 24.7. The SMILES string of the molecule is CC(=O)N(CCN1CCN(S(C)(=O)=O)CC1)Oc1ccc(C2=NNC(=O)NC2C)cc1Cl. The Morgan fingerprint density at radius 1 is 1.31 bits per heavy atom. The Kier molecular flexibility index (Phi) is 7.59. The first-order chi connectivity index (χ1) is 15.0. The molecule has 3 amide bonds. The molecule has 0 bridgehead atoms. The van der Waals surface area contributed by atoms with Crippen molar-refractivity contribution in [3.05, 3.63) is 28.8 Å². The Balaban J connectivity index is 1.60. The van der Waals surface area contributed by atoms with Gasteiger partial charge in [0.25, 0.3) is 5.91 Å². The monoisotopic (exact) mass is 486 g/mol. The minimum absolute atomic E-state index is 0.280. The topological polar surface area (TPSA) is 124 Å². The Morgan fingerprint density at radius 3 is 2.56 bits per heavy atom. The molecule has 1 atom stereocenters. The van der Waals surface area contributed by atoms with E-state index in [1.165, 1.54) is 22.5 Å². The van der Waals surface area contributed by atoms with Crippen molar-refractivity contribution in [2.45, 2.75) is 19.9 Å². The smallest absolute Gasteiger partial charge is 0.335 e. The molecule has 1 saturated heterocycles. The number of hydroxylamine groups is 2. The molecule has 0 radical (unpaired) electrons. The lowest BCUT2D eigenvalue weighted by atomic mass is 10.0. The van der Waals surface area contributed by atoms with E-state index in [0.717, 1.165) is 0 Å². The largest absolute Gasteiger partial charge is 0.375 e. The number of halogens is 1. The van der Waals surface area contributed by atoms with Crippen LogP contribution in [0.1, 0.15) is 19.4 Å². The molecular weight excluding hydrogens is 460 g/mol. The summed E-state index contributed by atoms with van der Waals surface area (Å²) in [6.45, 7) is 6.05. The Bertz CT molecular complexity index is 1010. The molecule has 2 N–H and O–H groups in total. The number of nitrogens with zero attached hydrogens (tertiary/aromatic N) is 4. The Morgan fingerprint density at radius 2 is 2.00 bits per heavy atom. The average Bonchev–Trinajstić information content (AvgIpc) is 2.71. The van der Waals surface area contributed by atoms with Crippen molar-refractivity contribution in [1.29, 1.82) is 0 Å². The molecule has 0 saturated carbocycles. The van der Waals surface area contributed by atoms with Crippen molar-refractivity contribution in [3.8, 4) is 5.75 Å². The maximum Gasteiger partial charge on any atom is 0.335 e. The van der Waals surface area contributed by atoms with E-state index in [0.29, 0.717) is 61.3 Å². The molecule has 0 aromatic heterocycles. The highest BCUT2D eigenvalue weighted by Gasteiger charge is 2.25. The van der Waals surface area contributed by atoms with Crippen LogP contribution in [0.25, 0.3) is 0 Å². The van der Waals surface area contributed by atoms with Gasteiger partial charge in [-0.25, -0.2) is 18.6 Å². The van der Waals surface area contributed by atoms with Crippen molar-refractivity contribution in [2.24, 2.45) is 5.10 Å². The maximum absolute atomic E-state index is 12.1. The molecule has 11 nitrogen and oxygen atoms in total. The van der Waals surface area contributed by atoms with Crippen LogP contribution in [0, 0.1) is 0 Å². The molecule has 2 aliphatic heterocycles. The lowest BCUT2D eigenvalue weighted by molar-refractivity contribution is -0.155. The predicted molar refractivity (Wildman–Crippen MR) is 120 cm³/mol. The Labute approximate surface area is 192 Å². The van der Waals surface area contributed by atoms with Crippen LogP contribution in [0.2, 0.25) is 5.02 Å². The van der Waals surface area contributed by atoms with Gasteiger partial charge in [0.1, 0.15) is 0 Å².